The van der Waals surface area contributed by atoms with Crippen molar-refractivity contribution >= 4 is 0 Å². The third kappa shape index (κ3) is 3.35. The summed E-state index contributed by atoms with van der Waals surface area (Å²) < 4.78 is 5.92. The molecule has 0 saturated heterocycles. The van der Waals surface area contributed by atoms with Crippen LogP contribution in [0.25, 0.3) is 0 Å². The van der Waals surface area contributed by atoms with E-state index in [9.17, 15) is 0 Å². The highest BCUT2D eigenvalue weighted by atomic mass is 16.5. The van der Waals surface area contributed by atoms with Crippen molar-refractivity contribution in [3.05, 3.63) is 29.3 Å². The van der Waals surface area contributed by atoms with E-state index in [1.165, 1.54) is 62.5 Å². The smallest absolute Gasteiger partial charge is 0.119 e. The first-order valence-electron chi connectivity index (χ1n) is 8.33. The lowest BCUT2D eigenvalue weighted by atomic mass is 9.92. The van der Waals surface area contributed by atoms with Crippen LogP contribution in [0, 0.1) is 5.92 Å². The van der Waals surface area contributed by atoms with Gasteiger partial charge in [-0.1, -0.05) is 18.9 Å². The summed E-state index contributed by atoms with van der Waals surface area (Å²) in [6, 6.07) is 6.96. The molecule has 2 heteroatoms. The monoisotopic (exact) mass is 273 g/mol. The summed E-state index contributed by atoms with van der Waals surface area (Å²) in [5.41, 5.74) is 9.29. The van der Waals surface area contributed by atoms with Crippen LogP contribution in [0.5, 0.6) is 5.75 Å². The van der Waals surface area contributed by atoms with Crippen LogP contribution in [0.2, 0.25) is 0 Å². The molecule has 3 rings (SSSR count). The molecule has 110 valence electrons. The Kier molecular flexibility index (Phi) is 4.62. The number of hydrogen-bond donors (Lipinski definition) is 1. The maximum absolute atomic E-state index is 6.27. The molecule has 1 fully saturated rings. The van der Waals surface area contributed by atoms with Gasteiger partial charge in [-0.3, -0.25) is 0 Å². The fourth-order valence-electron chi connectivity index (χ4n) is 3.73. The quantitative estimate of drug-likeness (QED) is 0.884. The molecule has 0 spiro atoms. The molecule has 0 heterocycles. The normalized spacial score (nSPS) is 20.6. The molecule has 2 aliphatic rings. The predicted molar refractivity (Wildman–Crippen MR) is 83.1 cm³/mol. The number of ether oxygens (including phenoxy) is 1. The van der Waals surface area contributed by atoms with Gasteiger partial charge in [-0.05, 0) is 74.1 Å². The first-order valence-corrected chi connectivity index (χ1v) is 8.33. The molecule has 0 bridgehead atoms. The molecular weight excluding hydrogens is 246 g/mol. The zero-order valence-electron chi connectivity index (χ0n) is 12.4. The van der Waals surface area contributed by atoms with Gasteiger partial charge in [0.15, 0.2) is 0 Å². The zero-order chi connectivity index (χ0) is 13.8. The second-order valence-corrected chi connectivity index (χ2v) is 6.48. The minimum atomic E-state index is 0.329. The number of nitrogens with two attached hydrogens (primary N) is 1. The fraction of sp³-hybridized carbons (Fsp3) is 0.667. The molecule has 0 aliphatic heterocycles. The summed E-state index contributed by atoms with van der Waals surface area (Å²) in [6.45, 7) is 0.760. The van der Waals surface area contributed by atoms with Crippen LogP contribution in [-0.4, -0.2) is 12.6 Å². The molecule has 0 radical (unpaired) electrons. The van der Waals surface area contributed by atoms with Crippen molar-refractivity contribution in [1.82, 2.24) is 0 Å². The van der Waals surface area contributed by atoms with E-state index in [1.807, 2.05) is 0 Å². The second kappa shape index (κ2) is 6.62. The van der Waals surface area contributed by atoms with Crippen molar-refractivity contribution in [2.24, 2.45) is 11.7 Å². The lowest BCUT2D eigenvalue weighted by molar-refractivity contribution is 0.274. The van der Waals surface area contributed by atoms with Gasteiger partial charge in [0.2, 0.25) is 0 Å². The molecule has 2 aliphatic carbocycles. The van der Waals surface area contributed by atoms with Crippen molar-refractivity contribution in [2.45, 2.75) is 63.8 Å². The third-order valence-electron chi connectivity index (χ3n) is 5.05. The molecule has 1 atom stereocenters. The van der Waals surface area contributed by atoms with E-state index in [0.717, 1.165) is 24.7 Å². The highest BCUT2D eigenvalue weighted by Crippen LogP contribution is 2.28. The van der Waals surface area contributed by atoms with E-state index >= 15 is 0 Å². The molecule has 1 unspecified atom stereocenters. The van der Waals surface area contributed by atoms with Crippen molar-refractivity contribution in [3.63, 3.8) is 0 Å². The van der Waals surface area contributed by atoms with Crippen LogP contribution in [-0.2, 0) is 12.8 Å². The second-order valence-electron chi connectivity index (χ2n) is 6.48. The fourth-order valence-corrected chi connectivity index (χ4v) is 3.73. The molecular formula is C18H27NO. The Hall–Kier alpha value is -1.02. The summed E-state index contributed by atoms with van der Waals surface area (Å²) in [7, 11) is 0. The summed E-state index contributed by atoms with van der Waals surface area (Å²) in [6.07, 6.45) is 11.5. The molecule has 2 N–H and O–H groups in total. The van der Waals surface area contributed by atoms with E-state index in [2.05, 4.69) is 18.2 Å². The van der Waals surface area contributed by atoms with Crippen LogP contribution < -0.4 is 10.5 Å². The lowest BCUT2D eigenvalue weighted by Gasteiger charge is -2.20. The first kappa shape index (κ1) is 13.9. The Labute approximate surface area is 122 Å². The summed E-state index contributed by atoms with van der Waals surface area (Å²) in [5, 5.41) is 0. The van der Waals surface area contributed by atoms with Crippen LogP contribution in [0.15, 0.2) is 18.2 Å². The SMILES string of the molecule is NC(CCOc1ccc2c(c1)CCCC2)C1CCCC1. The standard InChI is InChI=1S/C18H27NO/c19-18(15-6-2-3-7-15)11-12-20-17-10-9-14-5-1-4-8-16(14)13-17/h9-10,13,15,18H,1-8,11-12,19H2. The van der Waals surface area contributed by atoms with Crippen molar-refractivity contribution in [3.8, 4) is 5.75 Å². The topological polar surface area (TPSA) is 35.2 Å². The minimum Gasteiger partial charge on any atom is -0.494 e. The minimum absolute atomic E-state index is 0.329. The molecule has 1 aromatic carbocycles. The Morgan fingerprint density at radius 1 is 1.05 bits per heavy atom. The average molecular weight is 273 g/mol. The number of benzene rings is 1. The van der Waals surface area contributed by atoms with Gasteiger partial charge in [-0.2, -0.15) is 0 Å². The van der Waals surface area contributed by atoms with E-state index in [4.69, 9.17) is 10.5 Å². The predicted octanol–water partition coefficient (Wildman–Crippen LogP) is 3.85. The van der Waals surface area contributed by atoms with Crippen LogP contribution in [0.4, 0.5) is 0 Å². The Bertz CT molecular complexity index is 437. The van der Waals surface area contributed by atoms with Gasteiger partial charge < -0.3 is 10.5 Å². The van der Waals surface area contributed by atoms with Gasteiger partial charge in [-0.25, -0.2) is 0 Å². The van der Waals surface area contributed by atoms with E-state index in [1.54, 1.807) is 0 Å². The number of hydrogen-bond acceptors (Lipinski definition) is 2. The van der Waals surface area contributed by atoms with Crippen molar-refractivity contribution in [2.75, 3.05) is 6.61 Å². The van der Waals surface area contributed by atoms with E-state index in [-0.39, 0.29) is 0 Å². The van der Waals surface area contributed by atoms with Gasteiger partial charge in [0, 0.05) is 6.04 Å². The molecule has 0 amide bonds. The van der Waals surface area contributed by atoms with E-state index in [0.29, 0.717) is 6.04 Å². The summed E-state index contributed by atoms with van der Waals surface area (Å²) in [5.74, 6) is 1.77. The molecule has 1 aromatic rings. The van der Waals surface area contributed by atoms with Gasteiger partial charge in [-0.15, -0.1) is 0 Å². The Morgan fingerprint density at radius 2 is 1.80 bits per heavy atom. The van der Waals surface area contributed by atoms with Crippen molar-refractivity contribution in [1.29, 1.82) is 0 Å². The van der Waals surface area contributed by atoms with Crippen LogP contribution >= 0.6 is 0 Å². The summed E-state index contributed by atoms with van der Waals surface area (Å²) in [4.78, 5) is 0. The van der Waals surface area contributed by atoms with E-state index < -0.39 is 0 Å². The zero-order valence-corrected chi connectivity index (χ0v) is 12.4. The first-order chi connectivity index (χ1) is 9.83. The largest absolute Gasteiger partial charge is 0.494 e. The van der Waals surface area contributed by atoms with Gasteiger partial charge in [0.25, 0.3) is 0 Å². The molecule has 0 aromatic heterocycles. The highest BCUT2D eigenvalue weighted by molar-refractivity contribution is 5.37. The Morgan fingerprint density at radius 3 is 2.60 bits per heavy atom. The average Bonchev–Trinajstić information content (AvgIpc) is 3.01. The molecule has 1 saturated carbocycles. The van der Waals surface area contributed by atoms with Gasteiger partial charge in [0.1, 0.15) is 5.75 Å². The number of aryl methyl sites for hydroxylation is 2. The highest BCUT2D eigenvalue weighted by Gasteiger charge is 2.21. The maximum atomic E-state index is 6.27. The maximum Gasteiger partial charge on any atom is 0.119 e. The lowest BCUT2D eigenvalue weighted by Crippen LogP contribution is -2.30. The molecule has 20 heavy (non-hydrogen) atoms. The molecule has 2 nitrogen and oxygen atoms in total. The Balaban J connectivity index is 1.48. The third-order valence-corrected chi connectivity index (χ3v) is 5.05. The van der Waals surface area contributed by atoms with Crippen LogP contribution in [0.1, 0.15) is 56.1 Å². The number of rotatable bonds is 5. The van der Waals surface area contributed by atoms with Gasteiger partial charge >= 0.3 is 0 Å². The summed E-state index contributed by atoms with van der Waals surface area (Å²) >= 11 is 0. The van der Waals surface area contributed by atoms with Crippen molar-refractivity contribution < 1.29 is 4.74 Å². The number of fused-ring (bicyclic) bond motifs is 1. The van der Waals surface area contributed by atoms with Gasteiger partial charge in [0.05, 0.1) is 6.61 Å². The van der Waals surface area contributed by atoms with Crippen LogP contribution in [0.3, 0.4) is 0 Å².